The lowest BCUT2D eigenvalue weighted by atomic mass is 9.47. The molecule has 3 saturated carbocycles. The molecule has 2 amide bonds. The van der Waals surface area contributed by atoms with E-state index in [1.807, 2.05) is 0 Å². The number of carbonyl (C=O) groups is 3. The molecule has 34 heavy (non-hydrogen) atoms. The van der Waals surface area contributed by atoms with Gasteiger partial charge in [0.15, 0.2) is 6.61 Å². The number of aliphatic carboxylic acids is 1. The molecule has 188 valence electrons. The summed E-state index contributed by atoms with van der Waals surface area (Å²) in [5.41, 5.74) is 7.43. The zero-order valence-corrected chi connectivity index (χ0v) is 20.1. The van der Waals surface area contributed by atoms with E-state index in [0.717, 1.165) is 57.1 Å². The summed E-state index contributed by atoms with van der Waals surface area (Å²) in [6.45, 7) is 4.25. The van der Waals surface area contributed by atoms with Gasteiger partial charge in [-0.1, -0.05) is 24.6 Å². The number of amides is 2. The van der Waals surface area contributed by atoms with Crippen LogP contribution < -0.4 is 11.1 Å². The highest BCUT2D eigenvalue weighted by Gasteiger charge is 2.58. The minimum absolute atomic E-state index is 0.0749. The smallest absolute Gasteiger partial charge is 0.326 e. The molecule has 0 unspecified atom stereocenters. The molecule has 0 bridgehead atoms. The summed E-state index contributed by atoms with van der Waals surface area (Å²) in [5, 5.41) is 26.1. The molecule has 4 rings (SSSR count). The molecule has 4 aliphatic rings. The second-order valence-corrected chi connectivity index (χ2v) is 11.1. The number of nitrogens with zero attached hydrogens (tertiary/aromatic N) is 1. The maximum atomic E-state index is 12.0. The van der Waals surface area contributed by atoms with E-state index in [9.17, 15) is 19.5 Å². The summed E-state index contributed by atoms with van der Waals surface area (Å²) in [5.74, 6) is -0.911. The molecule has 0 aromatic carbocycles. The normalized spacial score (nSPS) is 38.7. The molecule has 5 N–H and O–H groups in total. The van der Waals surface area contributed by atoms with E-state index >= 15 is 0 Å². The van der Waals surface area contributed by atoms with Crippen LogP contribution in [0.5, 0.6) is 0 Å². The highest BCUT2D eigenvalue weighted by Crippen LogP contribution is 2.65. The lowest BCUT2D eigenvalue weighted by Crippen LogP contribution is -2.51. The van der Waals surface area contributed by atoms with Crippen molar-refractivity contribution in [3.8, 4) is 0 Å². The zero-order valence-electron chi connectivity index (χ0n) is 20.1. The summed E-state index contributed by atoms with van der Waals surface area (Å²) < 4.78 is 0. The number of allylic oxidation sites excluding steroid dienone is 2. The number of fused-ring (bicyclic) bond motifs is 5. The number of hydrogen-bond acceptors (Lipinski definition) is 6. The number of aliphatic hydroxyl groups is 1. The average Bonchev–Trinajstić information content (AvgIpc) is 3.07. The van der Waals surface area contributed by atoms with Gasteiger partial charge in [-0.05, 0) is 86.0 Å². The highest BCUT2D eigenvalue weighted by atomic mass is 16.6. The Morgan fingerprint density at radius 2 is 1.94 bits per heavy atom. The molecule has 0 saturated heterocycles. The first-order valence-corrected chi connectivity index (χ1v) is 12.4. The predicted octanol–water partition coefficient (Wildman–Crippen LogP) is 2.13. The Labute approximate surface area is 200 Å². The van der Waals surface area contributed by atoms with Gasteiger partial charge >= 0.3 is 5.97 Å². The van der Waals surface area contributed by atoms with E-state index in [1.54, 1.807) is 0 Å². The fourth-order valence-corrected chi connectivity index (χ4v) is 7.43. The standard InChI is InChI=1S/C25H37N3O6/c1-24-9-7-15(28-34-13-22(31)27-19(23(32)33)12-21(26)30)11-14(24)3-4-16-17-5-6-20(29)25(17,2)10-8-18(16)24/h11,16-20,29H,3-10,12-13H2,1-2H3,(H2,26,30)(H,27,31)(H,32,33)/b28-15-/t16-,17-,18-,19-,20-,24-,25-/m0/s1. The van der Waals surface area contributed by atoms with Crippen LogP contribution in [-0.4, -0.2) is 52.5 Å². The van der Waals surface area contributed by atoms with Crippen molar-refractivity contribution < 1.29 is 29.4 Å². The SMILES string of the molecule is C[C@]12CC[C@H]3[C@@H](CCC4=C/C(=N\OCC(=O)N[C@@H](CC(N)=O)C(=O)O)CC[C@@]43C)[C@@H]1CC[C@@H]2O. The van der Waals surface area contributed by atoms with Gasteiger partial charge in [0.1, 0.15) is 6.04 Å². The third-order valence-corrected chi connectivity index (χ3v) is 9.34. The number of nitrogens with two attached hydrogens (primary N) is 1. The molecular weight excluding hydrogens is 438 g/mol. The number of carboxylic acid groups (broad SMARTS) is 1. The van der Waals surface area contributed by atoms with Crippen LogP contribution in [0.3, 0.4) is 0 Å². The van der Waals surface area contributed by atoms with Crippen LogP contribution in [0, 0.1) is 28.6 Å². The number of oxime groups is 1. The maximum Gasteiger partial charge on any atom is 0.326 e. The molecule has 0 heterocycles. The summed E-state index contributed by atoms with van der Waals surface area (Å²) in [4.78, 5) is 39.3. The molecule has 0 spiro atoms. The Balaban J connectivity index is 1.37. The summed E-state index contributed by atoms with van der Waals surface area (Å²) in [6.07, 6.45) is 9.71. The monoisotopic (exact) mass is 475 g/mol. The van der Waals surface area contributed by atoms with Crippen LogP contribution in [0.1, 0.15) is 71.6 Å². The molecule has 0 aromatic heterocycles. The first-order chi connectivity index (χ1) is 16.0. The molecule has 7 atom stereocenters. The van der Waals surface area contributed by atoms with Gasteiger partial charge < -0.3 is 26.1 Å². The van der Waals surface area contributed by atoms with Crippen molar-refractivity contribution in [3.05, 3.63) is 11.6 Å². The zero-order chi connectivity index (χ0) is 24.7. The molecular formula is C25H37N3O6. The quantitative estimate of drug-likeness (QED) is 0.414. The molecule has 3 fully saturated rings. The molecule has 9 nitrogen and oxygen atoms in total. The number of aliphatic hydroxyl groups excluding tert-OH is 1. The van der Waals surface area contributed by atoms with Crippen LogP contribution >= 0.6 is 0 Å². The number of rotatable bonds is 7. The number of nitrogens with one attached hydrogen (secondary N) is 1. The summed E-state index contributed by atoms with van der Waals surface area (Å²) in [7, 11) is 0. The summed E-state index contributed by atoms with van der Waals surface area (Å²) >= 11 is 0. The van der Waals surface area contributed by atoms with Gasteiger partial charge in [0.2, 0.25) is 5.91 Å². The fourth-order valence-electron chi connectivity index (χ4n) is 7.43. The predicted molar refractivity (Wildman–Crippen MR) is 124 cm³/mol. The van der Waals surface area contributed by atoms with Crippen LogP contribution in [0.25, 0.3) is 0 Å². The van der Waals surface area contributed by atoms with Crippen LogP contribution in [0.4, 0.5) is 0 Å². The van der Waals surface area contributed by atoms with Crippen molar-refractivity contribution in [1.29, 1.82) is 0 Å². The second kappa shape index (κ2) is 9.32. The van der Waals surface area contributed by atoms with Gasteiger partial charge in [-0.2, -0.15) is 0 Å². The van der Waals surface area contributed by atoms with Crippen molar-refractivity contribution in [2.45, 2.75) is 83.8 Å². The molecule has 0 aliphatic heterocycles. The Kier molecular flexibility index (Phi) is 6.77. The Bertz CT molecular complexity index is 916. The van der Waals surface area contributed by atoms with Crippen LogP contribution in [-0.2, 0) is 19.2 Å². The summed E-state index contributed by atoms with van der Waals surface area (Å²) in [6, 6.07) is -1.38. The van der Waals surface area contributed by atoms with Crippen molar-refractivity contribution in [1.82, 2.24) is 5.32 Å². The van der Waals surface area contributed by atoms with Crippen molar-refractivity contribution in [3.63, 3.8) is 0 Å². The van der Waals surface area contributed by atoms with Crippen molar-refractivity contribution >= 4 is 23.5 Å². The molecule has 0 radical (unpaired) electrons. The van der Waals surface area contributed by atoms with Crippen LogP contribution in [0.15, 0.2) is 16.8 Å². The Hall–Kier alpha value is -2.42. The minimum atomic E-state index is -1.38. The molecule has 0 aromatic rings. The van der Waals surface area contributed by atoms with E-state index in [4.69, 9.17) is 15.7 Å². The van der Waals surface area contributed by atoms with E-state index in [1.165, 1.54) is 5.57 Å². The van der Waals surface area contributed by atoms with Gasteiger partial charge in [0, 0.05) is 0 Å². The van der Waals surface area contributed by atoms with E-state index < -0.39 is 36.9 Å². The van der Waals surface area contributed by atoms with Crippen molar-refractivity contribution in [2.24, 2.45) is 39.5 Å². The second-order valence-electron chi connectivity index (χ2n) is 11.1. The molecule has 9 heteroatoms. The third kappa shape index (κ3) is 4.46. The average molecular weight is 476 g/mol. The lowest BCUT2D eigenvalue weighted by Gasteiger charge is -2.57. The van der Waals surface area contributed by atoms with Gasteiger partial charge in [0.25, 0.3) is 5.91 Å². The third-order valence-electron chi connectivity index (χ3n) is 9.34. The van der Waals surface area contributed by atoms with E-state index in [-0.39, 0.29) is 16.9 Å². The minimum Gasteiger partial charge on any atom is -0.480 e. The van der Waals surface area contributed by atoms with Crippen LogP contribution in [0.2, 0.25) is 0 Å². The topological polar surface area (TPSA) is 151 Å². The van der Waals surface area contributed by atoms with E-state index in [0.29, 0.717) is 17.8 Å². The Morgan fingerprint density at radius 1 is 1.18 bits per heavy atom. The number of carbonyl (C=O) groups excluding carboxylic acids is 2. The Morgan fingerprint density at radius 3 is 2.65 bits per heavy atom. The molecule has 4 aliphatic carbocycles. The number of primary amides is 1. The van der Waals surface area contributed by atoms with Gasteiger partial charge in [0.05, 0.1) is 18.2 Å². The largest absolute Gasteiger partial charge is 0.480 e. The van der Waals surface area contributed by atoms with E-state index in [2.05, 4.69) is 30.4 Å². The number of hydrogen-bond donors (Lipinski definition) is 4. The first kappa shape index (κ1) is 24.7. The highest BCUT2D eigenvalue weighted by molar-refractivity contribution is 5.96. The number of carboxylic acids is 1. The van der Waals surface area contributed by atoms with Gasteiger partial charge in [-0.3, -0.25) is 9.59 Å². The first-order valence-electron chi connectivity index (χ1n) is 12.4. The maximum absolute atomic E-state index is 12.0. The van der Waals surface area contributed by atoms with Gasteiger partial charge in [-0.25, -0.2) is 4.79 Å². The lowest BCUT2D eigenvalue weighted by molar-refractivity contribution is -0.144. The fraction of sp³-hybridized carbons (Fsp3) is 0.760. The van der Waals surface area contributed by atoms with Crippen molar-refractivity contribution in [2.75, 3.05) is 6.61 Å². The van der Waals surface area contributed by atoms with Gasteiger partial charge in [-0.15, -0.1) is 0 Å².